The summed E-state index contributed by atoms with van der Waals surface area (Å²) in [4.78, 5) is 23.0. The largest absolute Gasteiger partial charge is 0.491 e. The van der Waals surface area contributed by atoms with Crippen LogP contribution in [0.25, 0.3) is 11.1 Å². The first kappa shape index (κ1) is 21.9. The molecule has 0 saturated carbocycles. The summed E-state index contributed by atoms with van der Waals surface area (Å²) in [6.45, 7) is 1.95. The number of hydrogen-bond acceptors (Lipinski definition) is 4. The lowest BCUT2D eigenvalue weighted by Gasteiger charge is -2.17. The molecule has 0 unspecified atom stereocenters. The van der Waals surface area contributed by atoms with Gasteiger partial charge < -0.3 is 26.4 Å². The zero-order valence-corrected chi connectivity index (χ0v) is 16.1. The van der Waals surface area contributed by atoms with Gasteiger partial charge in [0.1, 0.15) is 18.2 Å². The number of amides is 1. The van der Waals surface area contributed by atoms with Crippen LogP contribution >= 0.6 is 0 Å². The maximum atomic E-state index is 12.1. The summed E-state index contributed by atoms with van der Waals surface area (Å²) in [5.41, 5.74) is 7.26. The van der Waals surface area contributed by atoms with Gasteiger partial charge in [-0.25, -0.2) is 0 Å². The Labute approximate surface area is 168 Å². The van der Waals surface area contributed by atoms with Crippen LogP contribution in [0.2, 0.25) is 0 Å². The van der Waals surface area contributed by atoms with E-state index in [0.29, 0.717) is 17.7 Å². The molecular formula is C21H25N3O5. The molecule has 0 bridgehead atoms. The summed E-state index contributed by atoms with van der Waals surface area (Å²) in [5, 5.41) is 19.2. The normalized spacial score (nSPS) is 20.4. The van der Waals surface area contributed by atoms with Gasteiger partial charge in [0.05, 0.1) is 17.9 Å². The number of rotatable bonds is 7. The van der Waals surface area contributed by atoms with Crippen LogP contribution in [0.5, 0.6) is 5.75 Å². The van der Waals surface area contributed by atoms with Gasteiger partial charge in [0, 0.05) is 5.56 Å². The Bertz CT molecular complexity index is 896. The molecule has 29 heavy (non-hydrogen) atoms. The molecule has 1 aliphatic heterocycles. The van der Waals surface area contributed by atoms with Gasteiger partial charge in [-0.2, -0.15) is 0 Å². The average Bonchev–Trinajstić information content (AvgIpc) is 2.93. The number of benzene rings is 2. The Morgan fingerprint density at radius 3 is 2.28 bits per heavy atom. The molecule has 1 heterocycles. The number of carbonyl (C=O) groups is 2. The summed E-state index contributed by atoms with van der Waals surface area (Å²) in [6.07, 6.45) is 0.241. The highest BCUT2D eigenvalue weighted by molar-refractivity contribution is 5.95. The van der Waals surface area contributed by atoms with Crippen molar-refractivity contribution in [3.8, 4) is 16.9 Å². The number of carboxylic acids is 1. The molecule has 7 N–H and O–H groups in total. The first-order chi connectivity index (χ1) is 13.3. The zero-order chi connectivity index (χ0) is 20.3. The highest BCUT2D eigenvalue weighted by Gasteiger charge is 2.44. The van der Waals surface area contributed by atoms with Crippen LogP contribution in [0.4, 0.5) is 0 Å². The van der Waals surface area contributed by atoms with Crippen LogP contribution < -0.4 is 15.8 Å². The van der Waals surface area contributed by atoms with Crippen molar-refractivity contribution in [2.45, 2.75) is 25.8 Å². The molecule has 2 aromatic carbocycles. The van der Waals surface area contributed by atoms with Crippen LogP contribution in [0.1, 0.15) is 25.3 Å². The molecule has 1 aliphatic rings. The van der Waals surface area contributed by atoms with Crippen molar-refractivity contribution in [1.82, 2.24) is 5.32 Å². The third kappa shape index (κ3) is 5.11. The predicted octanol–water partition coefficient (Wildman–Crippen LogP) is 1.56. The Morgan fingerprint density at radius 2 is 1.76 bits per heavy atom. The lowest BCUT2D eigenvalue weighted by atomic mass is 9.84. The van der Waals surface area contributed by atoms with Gasteiger partial charge in [0.2, 0.25) is 5.91 Å². The van der Waals surface area contributed by atoms with Crippen molar-refractivity contribution in [2.24, 2.45) is 11.1 Å². The minimum Gasteiger partial charge on any atom is -0.491 e. The maximum Gasteiger partial charge on any atom is 0.304 e. The number of aliphatic carboxylic acids is 1. The summed E-state index contributed by atoms with van der Waals surface area (Å²) in [7, 11) is 0. The molecule has 1 fully saturated rings. The second kappa shape index (κ2) is 8.74. The Kier molecular flexibility index (Phi) is 6.60. The van der Waals surface area contributed by atoms with Crippen molar-refractivity contribution in [3.63, 3.8) is 0 Å². The van der Waals surface area contributed by atoms with Crippen molar-refractivity contribution < 1.29 is 24.9 Å². The van der Waals surface area contributed by atoms with E-state index in [0.717, 1.165) is 11.1 Å². The van der Waals surface area contributed by atoms with E-state index in [1.54, 1.807) is 19.1 Å². The average molecular weight is 399 g/mol. The number of nitrogen functional groups attached to an aromatic ring is 1. The summed E-state index contributed by atoms with van der Waals surface area (Å²) in [5.74, 6) is -0.516. The molecule has 1 amide bonds. The van der Waals surface area contributed by atoms with Gasteiger partial charge in [0.15, 0.2) is 0 Å². The highest BCUT2D eigenvalue weighted by Crippen LogP contribution is 2.33. The van der Waals surface area contributed by atoms with Crippen molar-refractivity contribution in [1.29, 1.82) is 5.41 Å². The molecule has 3 rings (SSSR count). The van der Waals surface area contributed by atoms with E-state index in [1.165, 1.54) is 0 Å². The standard InChI is InChI=1S/C21H23N3O4.H2O/c1-21(11-18(25)26)10-16(24-20(21)27)12-28-17-8-6-14(7-9-17)13-2-4-15(5-3-13)19(22)23;/h2-9,16H,10-12H2,1H3,(H3,22,23)(H,24,27)(H,25,26);1H2/t16-,21-;/m0./s1. The molecule has 0 aromatic heterocycles. The lowest BCUT2D eigenvalue weighted by Crippen LogP contribution is -2.33. The summed E-state index contributed by atoms with van der Waals surface area (Å²) >= 11 is 0. The van der Waals surface area contributed by atoms with Crippen LogP contribution in [0.15, 0.2) is 48.5 Å². The topological polar surface area (TPSA) is 157 Å². The lowest BCUT2D eigenvalue weighted by molar-refractivity contribution is -0.143. The fourth-order valence-corrected chi connectivity index (χ4v) is 3.42. The molecule has 2 atom stereocenters. The van der Waals surface area contributed by atoms with Gasteiger partial charge in [-0.05, 0) is 29.7 Å². The van der Waals surface area contributed by atoms with E-state index in [9.17, 15) is 9.59 Å². The van der Waals surface area contributed by atoms with Crippen LogP contribution in [0, 0.1) is 10.8 Å². The minimum atomic E-state index is -0.980. The fourth-order valence-electron chi connectivity index (χ4n) is 3.42. The quantitative estimate of drug-likeness (QED) is 0.410. The smallest absolute Gasteiger partial charge is 0.304 e. The zero-order valence-electron chi connectivity index (χ0n) is 16.1. The second-order valence-electron chi connectivity index (χ2n) is 7.33. The van der Waals surface area contributed by atoms with Gasteiger partial charge in [0.25, 0.3) is 0 Å². The number of nitrogens with one attached hydrogen (secondary N) is 2. The van der Waals surface area contributed by atoms with Crippen LogP contribution in [-0.2, 0) is 9.59 Å². The summed E-state index contributed by atoms with van der Waals surface area (Å²) in [6, 6.07) is 14.8. The van der Waals surface area contributed by atoms with Crippen LogP contribution in [-0.4, -0.2) is 40.9 Å². The molecule has 8 nitrogen and oxygen atoms in total. The first-order valence-electron chi connectivity index (χ1n) is 8.97. The van der Waals surface area contributed by atoms with E-state index in [1.807, 2.05) is 36.4 Å². The number of nitrogens with two attached hydrogens (primary N) is 1. The van der Waals surface area contributed by atoms with Crippen molar-refractivity contribution in [2.75, 3.05) is 6.61 Å². The van der Waals surface area contributed by atoms with Crippen molar-refractivity contribution >= 4 is 17.7 Å². The monoisotopic (exact) mass is 399 g/mol. The van der Waals surface area contributed by atoms with Crippen molar-refractivity contribution in [3.05, 3.63) is 54.1 Å². The van der Waals surface area contributed by atoms with E-state index >= 15 is 0 Å². The molecule has 0 spiro atoms. The van der Waals surface area contributed by atoms with Gasteiger partial charge in [-0.3, -0.25) is 15.0 Å². The third-order valence-corrected chi connectivity index (χ3v) is 4.96. The first-order valence-corrected chi connectivity index (χ1v) is 8.97. The molecule has 154 valence electrons. The second-order valence-corrected chi connectivity index (χ2v) is 7.33. The number of amidine groups is 1. The molecule has 1 saturated heterocycles. The third-order valence-electron chi connectivity index (χ3n) is 4.96. The van der Waals surface area contributed by atoms with Gasteiger partial charge in [-0.15, -0.1) is 0 Å². The Hall–Kier alpha value is -3.39. The predicted molar refractivity (Wildman–Crippen MR) is 109 cm³/mol. The van der Waals surface area contributed by atoms with Crippen LogP contribution in [0.3, 0.4) is 0 Å². The van der Waals surface area contributed by atoms with E-state index < -0.39 is 11.4 Å². The Balaban J connectivity index is 0.00000300. The molecule has 0 radical (unpaired) electrons. The number of carboxylic acid groups (broad SMARTS) is 1. The summed E-state index contributed by atoms with van der Waals surface area (Å²) < 4.78 is 5.77. The molecule has 2 aromatic rings. The molecular weight excluding hydrogens is 374 g/mol. The van der Waals surface area contributed by atoms with Gasteiger partial charge in [-0.1, -0.05) is 43.3 Å². The van der Waals surface area contributed by atoms with E-state index in [4.69, 9.17) is 21.0 Å². The molecule has 0 aliphatic carbocycles. The van der Waals surface area contributed by atoms with E-state index in [2.05, 4.69) is 5.32 Å². The van der Waals surface area contributed by atoms with E-state index in [-0.39, 0.29) is 36.3 Å². The van der Waals surface area contributed by atoms with Gasteiger partial charge >= 0.3 is 5.97 Å². The minimum absolute atomic E-state index is 0. The number of carbonyl (C=O) groups excluding carboxylic acids is 1. The highest BCUT2D eigenvalue weighted by atomic mass is 16.5. The number of ether oxygens (including phenoxy) is 1. The molecule has 8 heteroatoms. The fraction of sp³-hybridized carbons (Fsp3) is 0.286. The maximum absolute atomic E-state index is 12.1. The Morgan fingerprint density at radius 1 is 1.21 bits per heavy atom. The number of hydrogen-bond donors (Lipinski definition) is 4. The SMILES string of the molecule is C[C@@]1(CC(=O)O)C[C@@H](COc2ccc(-c3ccc(C(=N)N)cc3)cc2)NC1=O.O.